The fourth-order valence-electron chi connectivity index (χ4n) is 1.40. The molecule has 88 valence electrons. The van der Waals surface area contributed by atoms with Gasteiger partial charge in [-0.1, -0.05) is 0 Å². The van der Waals surface area contributed by atoms with E-state index in [-0.39, 0.29) is 6.10 Å². The first-order valence-electron chi connectivity index (χ1n) is 5.14. The Labute approximate surface area is 95.4 Å². The first-order chi connectivity index (χ1) is 7.60. The number of anilines is 1. The van der Waals surface area contributed by atoms with Gasteiger partial charge in [0.05, 0.1) is 24.9 Å². The van der Waals surface area contributed by atoms with Gasteiger partial charge in [0, 0.05) is 13.2 Å². The van der Waals surface area contributed by atoms with Crippen LogP contribution in [0.4, 0.5) is 5.69 Å². The molecule has 0 amide bonds. The van der Waals surface area contributed by atoms with Gasteiger partial charge < -0.3 is 15.2 Å². The van der Waals surface area contributed by atoms with E-state index in [1.54, 1.807) is 17.7 Å². The molecule has 0 bridgehead atoms. The SMILES string of the molecule is COCCn1c(C#N)cc(N)c1OC(C)C. The van der Waals surface area contributed by atoms with Crippen LogP contribution in [0.15, 0.2) is 6.07 Å². The summed E-state index contributed by atoms with van der Waals surface area (Å²) < 4.78 is 12.3. The molecule has 0 saturated heterocycles. The zero-order chi connectivity index (χ0) is 12.1. The summed E-state index contributed by atoms with van der Waals surface area (Å²) in [6.07, 6.45) is 0.0186. The maximum atomic E-state index is 8.97. The predicted molar refractivity (Wildman–Crippen MR) is 61.2 cm³/mol. The molecule has 0 atom stereocenters. The van der Waals surface area contributed by atoms with Crippen LogP contribution in [0.25, 0.3) is 0 Å². The highest BCUT2D eigenvalue weighted by Crippen LogP contribution is 2.27. The van der Waals surface area contributed by atoms with E-state index < -0.39 is 0 Å². The van der Waals surface area contributed by atoms with Gasteiger partial charge in [-0.2, -0.15) is 5.26 Å². The van der Waals surface area contributed by atoms with Gasteiger partial charge in [0.2, 0.25) is 5.88 Å². The van der Waals surface area contributed by atoms with Crippen LogP contribution in [0, 0.1) is 11.3 Å². The molecule has 0 spiro atoms. The zero-order valence-electron chi connectivity index (χ0n) is 9.86. The Morgan fingerprint density at radius 2 is 2.25 bits per heavy atom. The van der Waals surface area contributed by atoms with E-state index in [0.717, 1.165) is 0 Å². The summed E-state index contributed by atoms with van der Waals surface area (Å²) in [7, 11) is 1.61. The summed E-state index contributed by atoms with van der Waals surface area (Å²) in [6.45, 7) is 4.90. The van der Waals surface area contributed by atoms with Gasteiger partial charge in [-0.15, -0.1) is 0 Å². The molecule has 0 aromatic carbocycles. The van der Waals surface area contributed by atoms with Crippen molar-refractivity contribution < 1.29 is 9.47 Å². The minimum atomic E-state index is 0.0186. The number of nitrogens with two attached hydrogens (primary N) is 1. The number of ether oxygens (including phenoxy) is 2. The lowest BCUT2D eigenvalue weighted by molar-refractivity contribution is 0.174. The maximum absolute atomic E-state index is 8.97. The fourth-order valence-corrected chi connectivity index (χ4v) is 1.40. The molecule has 16 heavy (non-hydrogen) atoms. The van der Waals surface area contributed by atoms with E-state index in [4.69, 9.17) is 20.5 Å². The van der Waals surface area contributed by atoms with E-state index >= 15 is 0 Å². The molecule has 1 heterocycles. The number of hydrogen-bond donors (Lipinski definition) is 1. The first kappa shape index (κ1) is 12.4. The van der Waals surface area contributed by atoms with Gasteiger partial charge in [-0.3, -0.25) is 4.57 Å². The standard InChI is InChI=1S/C11H17N3O2/c1-8(2)16-11-10(13)6-9(7-12)14(11)4-5-15-3/h6,8H,4-5,13H2,1-3H3. The highest BCUT2D eigenvalue weighted by Gasteiger charge is 2.15. The smallest absolute Gasteiger partial charge is 0.218 e. The van der Waals surface area contributed by atoms with Crippen LogP contribution in [-0.4, -0.2) is 24.4 Å². The van der Waals surface area contributed by atoms with Gasteiger partial charge >= 0.3 is 0 Å². The minimum Gasteiger partial charge on any atom is -0.475 e. The Hall–Kier alpha value is -1.67. The molecule has 0 aliphatic rings. The van der Waals surface area contributed by atoms with Gasteiger partial charge in [0.1, 0.15) is 11.8 Å². The van der Waals surface area contributed by atoms with Crippen LogP contribution in [0.2, 0.25) is 0 Å². The maximum Gasteiger partial charge on any atom is 0.218 e. The van der Waals surface area contributed by atoms with Crippen LogP contribution in [-0.2, 0) is 11.3 Å². The molecule has 1 aromatic heterocycles. The number of nitriles is 1. The lowest BCUT2D eigenvalue weighted by atomic mass is 10.4. The number of rotatable bonds is 5. The molecule has 0 saturated carbocycles. The van der Waals surface area contributed by atoms with E-state index in [1.807, 2.05) is 13.8 Å². The third kappa shape index (κ3) is 2.67. The van der Waals surface area contributed by atoms with Crippen molar-refractivity contribution in [1.29, 1.82) is 5.26 Å². The van der Waals surface area contributed by atoms with Gasteiger partial charge in [0.25, 0.3) is 0 Å². The molecule has 1 rings (SSSR count). The van der Waals surface area contributed by atoms with Crippen molar-refractivity contribution in [2.45, 2.75) is 26.5 Å². The number of methoxy groups -OCH3 is 1. The Morgan fingerprint density at radius 3 is 2.75 bits per heavy atom. The average Bonchev–Trinajstić information content (AvgIpc) is 2.52. The Kier molecular flexibility index (Phi) is 4.20. The van der Waals surface area contributed by atoms with E-state index in [9.17, 15) is 0 Å². The highest BCUT2D eigenvalue weighted by atomic mass is 16.5. The van der Waals surface area contributed by atoms with Crippen molar-refractivity contribution in [2.24, 2.45) is 0 Å². The van der Waals surface area contributed by atoms with Gasteiger partial charge in [0.15, 0.2) is 0 Å². The molecule has 5 nitrogen and oxygen atoms in total. The summed E-state index contributed by atoms with van der Waals surface area (Å²) in [5, 5.41) is 8.97. The van der Waals surface area contributed by atoms with Crippen LogP contribution >= 0.6 is 0 Å². The Balaban J connectivity index is 3.03. The van der Waals surface area contributed by atoms with E-state index in [2.05, 4.69) is 6.07 Å². The number of nitrogen functional groups attached to an aromatic ring is 1. The molecule has 0 fully saturated rings. The average molecular weight is 223 g/mol. The molecular formula is C11H17N3O2. The predicted octanol–water partition coefficient (Wildman–Crippen LogP) is 1.38. The van der Waals surface area contributed by atoms with Crippen molar-refractivity contribution in [1.82, 2.24) is 4.57 Å². The molecule has 0 aliphatic heterocycles. The van der Waals surface area contributed by atoms with Crippen LogP contribution in [0.3, 0.4) is 0 Å². The van der Waals surface area contributed by atoms with Crippen molar-refractivity contribution in [2.75, 3.05) is 19.5 Å². The molecule has 5 heteroatoms. The zero-order valence-corrected chi connectivity index (χ0v) is 9.86. The van der Waals surface area contributed by atoms with Gasteiger partial charge in [-0.25, -0.2) is 0 Å². The first-order valence-corrected chi connectivity index (χ1v) is 5.14. The highest BCUT2D eigenvalue weighted by molar-refractivity contribution is 5.55. The fraction of sp³-hybridized carbons (Fsp3) is 0.545. The van der Waals surface area contributed by atoms with Crippen molar-refractivity contribution in [3.05, 3.63) is 11.8 Å². The second kappa shape index (κ2) is 5.42. The third-order valence-electron chi connectivity index (χ3n) is 2.06. The lowest BCUT2D eigenvalue weighted by Crippen LogP contribution is -2.14. The second-order valence-electron chi connectivity index (χ2n) is 3.71. The molecule has 2 N–H and O–H groups in total. The van der Waals surface area contributed by atoms with Crippen molar-refractivity contribution >= 4 is 5.69 Å². The summed E-state index contributed by atoms with van der Waals surface area (Å²) in [6, 6.07) is 3.70. The molecular weight excluding hydrogens is 206 g/mol. The number of nitrogens with zero attached hydrogens (tertiary/aromatic N) is 2. The number of aromatic nitrogens is 1. The monoisotopic (exact) mass is 223 g/mol. The summed E-state index contributed by atoms with van der Waals surface area (Å²) in [4.78, 5) is 0. The third-order valence-corrected chi connectivity index (χ3v) is 2.06. The second-order valence-corrected chi connectivity index (χ2v) is 3.71. The van der Waals surface area contributed by atoms with E-state index in [0.29, 0.717) is 30.4 Å². The largest absolute Gasteiger partial charge is 0.475 e. The Bertz CT molecular complexity index is 391. The van der Waals surface area contributed by atoms with Gasteiger partial charge in [-0.05, 0) is 13.8 Å². The molecule has 0 unspecified atom stereocenters. The van der Waals surface area contributed by atoms with Crippen LogP contribution < -0.4 is 10.5 Å². The van der Waals surface area contributed by atoms with Crippen molar-refractivity contribution in [3.63, 3.8) is 0 Å². The topological polar surface area (TPSA) is 73.2 Å². The molecule has 1 aromatic rings. The normalized spacial score (nSPS) is 10.4. The minimum absolute atomic E-state index is 0.0186. The quantitative estimate of drug-likeness (QED) is 0.818. The summed E-state index contributed by atoms with van der Waals surface area (Å²) in [5.74, 6) is 0.545. The summed E-state index contributed by atoms with van der Waals surface area (Å²) in [5.41, 5.74) is 6.78. The molecule has 0 aliphatic carbocycles. The Morgan fingerprint density at radius 1 is 1.56 bits per heavy atom. The number of hydrogen-bond acceptors (Lipinski definition) is 4. The lowest BCUT2D eigenvalue weighted by Gasteiger charge is -2.14. The van der Waals surface area contributed by atoms with E-state index in [1.165, 1.54) is 0 Å². The molecule has 0 radical (unpaired) electrons. The summed E-state index contributed by atoms with van der Waals surface area (Å²) >= 11 is 0. The van der Waals surface area contributed by atoms with Crippen LogP contribution in [0.5, 0.6) is 5.88 Å². The van der Waals surface area contributed by atoms with Crippen LogP contribution in [0.1, 0.15) is 19.5 Å². The van der Waals surface area contributed by atoms with Crippen molar-refractivity contribution in [3.8, 4) is 11.9 Å².